The third-order valence-corrected chi connectivity index (χ3v) is 9.51. The third-order valence-electron chi connectivity index (χ3n) is 7.59. The maximum atomic E-state index is 13.3. The molecule has 2 aliphatic heterocycles. The zero-order valence-corrected chi connectivity index (χ0v) is 22.9. The van der Waals surface area contributed by atoms with Crippen LogP contribution in [-0.2, 0) is 27.8 Å². The minimum absolute atomic E-state index is 0.00918. The molecule has 0 aliphatic carbocycles. The second-order valence-corrected chi connectivity index (χ2v) is 12.2. The van der Waals surface area contributed by atoms with Crippen LogP contribution in [0.5, 0.6) is 5.75 Å². The molecule has 2 fully saturated rings. The van der Waals surface area contributed by atoms with Gasteiger partial charge in [-0.3, -0.25) is 4.79 Å². The molecule has 0 saturated carbocycles. The minimum atomic E-state index is -3.86. The van der Waals surface area contributed by atoms with Gasteiger partial charge in [-0.05, 0) is 98.2 Å². The van der Waals surface area contributed by atoms with Crippen LogP contribution in [-0.4, -0.2) is 44.2 Å². The number of aryl methyl sites for hydroxylation is 1. The second kappa shape index (κ2) is 12.3. The Balaban J connectivity index is 1.17. The van der Waals surface area contributed by atoms with E-state index in [4.69, 9.17) is 4.74 Å². The first kappa shape index (κ1) is 27.3. The van der Waals surface area contributed by atoms with E-state index in [0.29, 0.717) is 32.4 Å². The van der Waals surface area contributed by atoms with Crippen molar-refractivity contribution in [2.24, 2.45) is 0 Å². The minimum Gasteiger partial charge on any atom is -0.489 e. The summed E-state index contributed by atoms with van der Waals surface area (Å²) in [5, 5.41) is 0. The highest BCUT2D eigenvalue weighted by Gasteiger charge is 2.38. The van der Waals surface area contributed by atoms with Crippen molar-refractivity contribution >= 4 is 21.5 Å². The number of piperidine rings is 1. The first-order valence-electron chi connectivity index (χ1n) is 13.8. The molecular weight excluding hydrogens is 515 g/mol. The number of benzene rings is 3. The van der Waals surface area contributed by atoms with Gasteiger partial charge in [0.05, 0.1) is 10.9 Å². The van der Waals surface area contributed by atoms with E-state index in [1.807, 2.05) is 24.3 Å². The molecule has 3 aromatic rings. The van der Waals surface area contributed by atoms with Crippen LogP contribution in [0, 0.1) is 5.82 Å². The van der Waals surface area contributed by atoms with E-state index in [2.05, 4.69) is 29.2 Å². The van der Waals surface area contributed by atoms with Crippen molar-refractivity contribution in [1.82, 2.24) is 4.31 Å². The van der Waals surface area contributed by atoms with Gasteiger partial charge in [-0.15, -0.1) is 0 Å². The van der Waals surface area contributed by atoms with Crippen molar-refractivity contribution < 1.29 is 22.3 Å². The smallest absolute Gasteiger partial charge is 0.243 e. The predicted molar refractivity (Wildman–Crippen MR) is 150 cm³/mol. The molecule has 2 saturated heterocycles. The summed E-state index contributed by atoms with van der Waals surface area (Å²) in [5.41, 5.74) is 3.32. The summed E-state index contributed by atoms with van der Waals surface area (Å²) >= 11 is 0. The van der Waals surface area contributed by atoms with Crippen molar-refractivity contribution in [1.29, 1.82) is 0 Å². The van der Waals surface area contributed by atoms with Crippen molar-refractivity contribution in [3.05, 3.63) is 89.7 Å². The maximum Gasteiger partial charge on any atom is 0.243 e. The van der Waals surface area contributed by atoms with Gasteiger partial charge in [0.25, 0.3) is 0 Å². The standard InChI is InChI=1S/C31H35FN2O4S/c32-26-13-15-29(16-14-26)39(36,37)34-20-6-11-30(34)31(35)17-12-24-7-5-10-28(22-24)38-23-25-8-4-9-27(21-25)33-18-2-1-3-19-33/h4-5,7-10,13-16,21-22,30H,1-3,6,11-12,17-20,23H2/t30-/m0/s1. The fourth-order valence-electron chi connectivity index (χ4n) is 5.48. The number of halogens is 1. The molecule has 0 radical (unpaired) electrons. The lowest BCUT2D eigenvalue weighted by molar-refractivity contribution is -0.122. The Hall–Kier alpha value is -3.23. The lowest BCUT2D eigenvalue weighted by Gasteiger charge is -2.29. The maximum absolute atomic E-state index is 13.3. The first-order chi connectivity index (χ1) is 18.9. The topological polar surface area (TPSA) is 66.9 Å². The molecule has 0 unspecified atom stereocenters. The van der Waals surface area contributed by atoms with Crippen LogP contribution in [0.1, 0.15) is 49.7 Å². The number of sulfonamides is 1. The van der Waals surface area contributed by atoms with E-state index in [1.54, 1.807) is 0 Å². The van der Waals surface area contributed by atoms with Crippen molar-refractivity contribution in [2.45, 2.75) is 62.5 Å². The van der Waals surface area contributed by atoms with Crippen LogP contribution in [0.4, 0.5) is 10.1 Å². The van der Waals surface area contributed by atoms with E-state index in [1.165, 1.54) is 41.4 Å². The molecule has 0 bridgehead atoms. The van der Waals surface area contributed by atoms with Crippen molar-refractivity contribution in [3.8, 4) is 5.75 Å². The molecule has 2 heterocycles. The van der Waals surface area contributed by atoms with E-state index in [-0.39, 0.29) is 17.1 Å². The average molecular weight is 551 g/mol. The Morgan fingerprint density at radius 1 is 0.872 bits per heavy atom. The number of hydrogen-bond acceptors (Lipinski definition) is 5. The normalized spacial score (nSPS) is 18.3. The Bertz CT molecular complexity index is 1390. The Morgan fingerprint density at radius 3 is 2.41 bits per heavy atom. The number of anilines is 1. The van der Waals surface area contributed by atoms with Crippen LogP contribution >= 0.6 is 0 Å². The summed E-state index contributed by atoms with van der Waals surface area (Å²) < 4.78 is 46.9. The number of rotatable bonds is 10. The molecule has 39 heavy (non-hydrogen) atoms. The van der Waals surface area contributed by atoms with E-state index < -0.39 is 21.9 Å². The van der Waals surface area contributed by atoms with Crippen molar-refractivity contribution in [3.63, 3.8) is 0 Å². The molecule has 6 nitrogen and oxygen atoms in total. The van der Waals surface area contributed by atoms with Crippen LogP contribution < -0.4 is 9.64 Å². The number of carbonyl (C=O) groups is 1. The zero-order chi connectivity index (χ0) is 27.2. The summed E-state index contributed by atoms with van der Waals surface area (Å²) in [5.74, 6) is 0.143. The number of carbonyl (C=O) groups excluding carboxylic acids is 1. The molecule has 1 atom stereocenters. The molecular formula is C31H35FN2O4S. The van der Waals surface area contributed by atoms with Gasteiger partial charge in [-0.25, -0.2) is 12.8 Å². The molecule has 5 rings (SSSR count). The number of nitrogens with zero attached hydrogens (tertiary/aromatic N) is 2. The fourth-order valence-corrected chi connectivity index (χ4v) is 7.16. The average Bonchev–Trinajstić information content (AvgIpc) is 3.47. The van der Waals surface area contributed by atoms with Crippen LogP contribution in [0.15, 0.2) is 77.7 Å². The molecule has 0 aromatic heterocycles. The quantitative estimate of drug-likeness (QED) is 0.322. The lowest BCUT2D eigenvalue weighted by atomic mass is 10.0. The second-order valence-electron chi connectivity index (χ2n) is 10.3. The molecule has 2 aliphatic rings. The van der Waals surface area contributed by atoms with Crippen molar-refractivity contribution in [2.75, 3.05) is 24.5 Å². The van der Waals surface area contributed by atoms with Crippen LogP contribution in [0.3, 0.4) is 0 Å². The number of hydrogen-bond donors (Lipinski definition) is 0. The molecule has 3 aromatic carbocycles. The van der Waals surface area contributed by atoms with E-state index >= 15 is 0 Å². The number of ketones is 1. The SMILES string of the molecule is O=C(CCc1cccc(OCc2cccc(N3CCCCC3)c2)c1)[C@@H]1CCCN1S(=O)(=O)c1ccc(F)cc1. The monoisotopic (exact) mass is 550 g/mol. The van der Waals surface area contributed by atoms with Gasteiger partial charge in [0, 0.05) is 31.7 Å². The molecule has 206 valence electrons. The van der Waals surface area contributed by atoms with E-state index in [9.17, 15) is 17.6 Å². The third kappa shape index (κ3) is 6.68. The molecule has 0 spiro atoms. The number of ether oxygens (including phenoxy) is 1. The summed E-state index contributed by atoms with van der Waals surface area (Å²) in [6.07, 6.45) is 5.63. The van der Waals surface area contributed by atoms with Gasteiger partial charge >= 0.3 is 0 Å². The van der Waals surface area contributed by atoms with Crippen LogP contribution in [0.25, 0.3) is 0 Å². The van der Waals surface area contributed by atoms with Crippen LogP contribution in [0.2, 0.25) is 0 Å². The predicted octanol–water partition coefficient (Wildman–Crippen LogP) is 5.75. The highest BCUT2D eigenvalue weighted by Crippen LogP contribution is 2.28. The lowest BCUT2D eigenvalue weighted by Crippen LogP contribution is -2.40. The van der Waals surface area contributed by atoms with Gasteiger partial charge in [0.2, 0.25) is 10.0 Å². The fraction of sp³-hybridized carbons (Fsp3) is 0.387. The Labute approximate surface area is 230 Å². The van der Waals surface area contributed by atoms with E-state index in [0.717, 1.165) is 42.1 Å². The largest absolute Gasteiger partial charge is 0.489 e. The highest BCUT2D eigenvalue weighted by molar-refractivity contribution is 7.89. The highest BCUT2D eigenvalue weighted by atomic mass is 32.2. The molecule has 8 heteroatoms. The van der Waals surface area contributed by atoms with Gasteiger partial charge < -0.3 is 9.64 Å². The first-order valence-corrected chi connectivity index (χ1v) is 15.2. The summed E-state index contributed by atoms with van der Waals surface area (Å²) in [6.45, 7) is 2.95. The molecule has 0 amide bonds. The van der Waals surface area contributed by atoms with Gasteiger partial charge in [-0.1, -0.05) is 24.3 Å². The van der Waals surface area contributed by atoms with Gasteiger partial charge in [-0.2, -0.15) is 4.31 Å². The zero-order valence-electron chi connectivity index (χ0n) is 22.1. The summed E-state index contributed by atoms with van der Waals surface area (Å²) in [7, 11) is -3.86. The van der Waals surface area contributed by atoms with Gasteiger partial charge in [0.15, 0.2) is 5.78 Å². The summed E-state index contributed by atoms with van der Waals surface area (Å²) in [6, 6.07) is 20.3. The number of Topliss-reactive ketones (excluding diaryl/α,β-unsaturated/α-hetero) is 1. The van der Waals surface area contributed by atoms with Gasteiger partial charge in [0.1, 0.15) is 18.2 Å². The Kier molecular flexibility index (Phi) is 8.63. The Morgan fingerprint density at radius 2 is 1.62 bits per heavy atom. The summed E-state index contributed by atoms with van der Waals surface area (Å²) in [4.78, 5) is 15.6. The molecule has 0 N–H and O–H groups in total.